The van der Waals surface area contributed by atoms with Gasteiger partial charge < -0.3 is 25.4 Å². The number of aliphatic hydroxyl groups is 1. The summed E-state index contributed by atoms with van der Waals surface area (Å²) in [7, 11) is 0. The molecule has 3 aromatic rings. The number of benzene rings is 3. The number of aliphatic hydroxyl groups excluding tert-OH is 1. The second-order valence-corrected chi connectivity index (χ2v) is 9.95. The molecule has 7 heteroatoms. The number of carbonyl (C=O) groups is 1. The zero-order chi connectivity index (χ0) is 25.5. The van der Waals surface area contributed by atoms with Crippen LogP contribution in [0.1, 0.15) is 35.3 Å². The Hall–Kier alpha value is -3.44. The maximum absolute atomic E-state index is 12.7. The SMILES string of the molecule is CC(C)(Cc1ccc2ccccc2c1)NCC(O)COc1ccc(C(=O)N2CCNCC2)cc1C#N. The fourth-order valence-corrected chi connectivity index (χ4v) is 4.49. The number of fused-ring (bicyclic) bond motifs is 1. The highest BCUT2D eigenvalue weighted by molar-refractivity contribution is 5.95. The molecule has 7 nitrogen and oxygen atoms in total. The maximum Gasteiger partial charge on any atom is 0.253 e. The first-order valence-corrected chi connectivity index (χ1v) is 12.4. The van der Waals surface area contributed by atoms with E-state index >= 15 is 0 Å². The zero-order valence-electron chi connectivity index (χ0n) is 21.0. The van der Waals surface area contributed by atoms with Gasteiger partial charge in [-0.2, -0.15) is 5.26 Å². The molecule has 1 heterocycles. The number of nitrogens with zero attached hydrogens (tertiary/aromatic N) is 2. The van der Waals surface area contributed by atoms with E-state index in [2.05, 4.69) is 60.9 Å². The third-order valence-electron chi connectivity index (χ3n) is 6.46. The highest BCUT2D eigenvalue weighted by Gasteiger charge is 2.21. The van der Waals surface area contributed by atoms with Crippen molar-refractivity contribution < 1.29 is 14.6 Å². The second-order valence-electron chi connectivity index (χ2n) is 9.95. The molecule has 0 spiro atoms. The van der Waals surface area contributed by atoms with Crippen molar-refractivity contribution in [2.75, 3.05) is 39.3 Å². The van der Waals surface area contributed by atoms with Crippen LogP contribution >= 0.6 is 0 Å². The molecule has 1 saturated heterocycles. The number of β-amino-alcohol motifs (C(OH)–C–C–N with tert-alkyl or cyclic N) is 1. The molecule has 0 saturated carbocycles. The van der Waals surface area contributed by atoms with Crippen LogP contribution in [0.4, 0.5) is 0 Å². The van der Waals surface area contributed by atoms with Gasteiger partial charge in [-0.15, -0.1) is 0 Å². The maximum atomic E-state index is 12.7. The van der Waals surface area contributed by atoms with Crippen LogP contribution in [0, 0.1) is 11.3 Å². The summed E-state index contributed by atoms with van der Waals surface area (Å²) in [6.45, 7) is 7.44. The summed E-state index contributed by atoms with van der Waals surface area (Å²) >= 11 is 0. The Bertz CT molecular complexity index is 1240. The second kappa shape index (κ2) is 11.5. The number of hydrogen-bond acceptors (Lipinski definition) is 6. The van der Waals surface area contributed by atoms with E-state index in [0.29, 0.717) is 30.9 Å². The van der Waals surface area contributed by atoms with Gasteiger partial charge in [-0.25, -0.2) is 0 Å². The van der Waals surface area contributed by atoms with E-state index in [9.17, 15) is 15.2 Å². The third kappa shape index (κ3) is 6.61. The van der Waals surface area contributed by atoms with Crippen LogP contribution in [0.3, 0.4) is 0 Å². The van der Waals surface area contributed by atoms with Gasteiger partial charge in [0.2, 0.25) is 0 Å². The number of rotatable bonds is 9. The first-order chi connectivity index (χ1) is 17.3. The number of piperazine rings is 1. The van der Waals surface area contributed by atoms with Crippen LogP contribution in [0.5, 0.6) is 5.75 Å². The van der Waals surface area contributed by atoms with Crippen molar-refractivity contribution >= 4 is 16.7 Å². The molecular weight excluding hydrogens is 452 g/mol. The number of amides is 1. The van der Waals surface area contributed by atoms with Gasteiger partial charge in [-0.3, -0.25) is 4.79 Å². The predicted molar refractivity (Wildman–Crippen MR) is 141 cm³/mol. The fourth-order valence-electron chi connectivity index (χ4n) is 4.49. The lowest BCUT2D eigenvalue weighted by atomic mass is 9.93. The van der Waals surface area contributed by atoms with Gasteiger partial charge in [-0.05, 0) is 54.8 Å². The monoisotopic (exact) mass is 486 g/mol. The van der Waals surface area contributed by atoms with Gasteiger partial charge in [0.15, 0.2) is 0 Å². The van der Waals surface area contributed by atoms with Crippen LogP contribution in [-0.4, -0.2) is 66.9 Å². The van der Waals surface area contributed by atoms with E-state index in [1.54, 1.807) is 23.1 Å². The van der Waals surface area contributed by atoms with Crippen molar-refractivity contribution in [2.45, 2.75) is 31.9 Å². The largest absolute Gasteiger partial charge is 0.489 e. The minimum Gasteiger partial charge on any atom is -0.489 e. The summed E-state index contributed by atoms with van der Waals surface area (Å²) in [5.74, 6) is 0.279. The average molecular weight is 487 g/mol. The normalized spacial score (nSPS) is 14.9. The summed E-state index contributed by atoms with van der Waals surface area (Å²) in [6, 6.07) is 21.8. The van der Waals surface area contributed by atoms with Gasteiger partial charge >= 0.3 is 0 Å². The molecule has 1 atom stereocenters. The molecule has 188 valence electrons. The van der Waals surface area contributed by atoms with Crippen molar-refractivity contribution in [3.05, 3.63) is 77.4 Å². The average Bonchev–Trinajstić information content (AvgIpc) is 2.90. The van der Waals surface area contributed by atoms with Crippen LogP contribution in [-0.2, 0) is 6.42 Å². The molecular formula is C29H34N4O3. The molecule has 36 heavy (non-hydrogen) atoms. The Morgan fingerprint density at radius 1 is 1.14 bits per heavy atom. The lowest BCUT2D eigenvalue weighted by Crippen LogP contribution is -2.46. The smallest absolute Gasteiger partial charge is 0.253 e. The number of carbonyl (C=O) groups excluding carboxylic acids is 1. The summed E-state index contributed by atoms with van der Waals surface area (Å²) in [4.78, 5) is 14.5. The van der Waals surface area contributed by atoms with Crippen LogP contribution in [0.25, 0.3) is 10.8 Å². The fraction of sp³-hybridized carbons (Fsp3) is 0.379. The zero-order valence-corrected chi connectivity index (χ0v) is 21.0. The molecule has 1 fully saturated rings. The van der Waals surface area contributed by atoms with Crippen LogP contribution < -0.4 is 15.4 Å². The van der Waals surface area contributed by atoms with Gasteiger partial charge in [0.25, 0.3) is 5.91 Å². The third-order valence-corrected chi connectivity index (χ3v) is 6.46. The molecule has 0 radical (unpaired) electrons. The van der Waals surface area contributed by atoms with Crippen LogP contribution in [0.2, 0.25) is 0 Å². The number of ether oxygens (including phenoxy) is 1. The summed E-state index contributed by atoms with van der Waals surface area (Å²) in [6.07, 6.45) is 0.0570. The van der Waals surface area contributed by atoms with E-state index in [1.165, 1.54) is 16.3 Å². The minimum atomic E-state index is -0.755. The van der Waals surface area contributed by atoms with Crippen molar-refractivity contribution in [1.29, 1.82) is 5.26 Å². The Balaban J connectivity index is 1.29. The Kier molecular flexibility index (Phi) is 8.21. The summed E-state index contributed by atoms with van der Waals surface area (Å²) < 4.78 is 5.75. The quantitative estimate of drug-likeness (QED) is 0.430. The predicted octanol–water partition coefficient (Wildman–Crippen LogP) is 3.11. The molecule has 1 amide bonds. The first kappa shape index (κ1) is 25.6. The van der Waals surface area contributed by atoms with Gasteiger partial charge in [0.05, 0.1) is 5.56 Å². The highest BCUT2D eigenvalue weighted by atomic mass is 16.5. The van der Waals surface area contributed by atoms with E-state index < -0.39 is 6.10 Å². The summed E-state index contributed by atoms with van der Waals surface area (Å²) in [5.41, 5.74) is 1.75. The number of nitriles is 1. The van der Waals surface area contributed by atoms with E-state index in [-0.39, 0.29) is 23.6 Å². The minimum absolute atomic E-state index is 0.0405. The van der Waals surface area contributed by atoms with Crippen molar-refractivity contribution in [2.24, 2.45) is 0 Å². The van der Waals surface area contributed by atoms with Crippen molar-refractivity contribution in [3.63, 3.8) is 0 Å². The van der Waals surface area contributed by atoms with Gasteiger partial charge in [-0.1, -0.05) is 42.5 Å². The molecule has 3 N–H and O–H groups in total. The topological polar surface area (TPSA) is 97.6 Å². The molecule has 0 bridgehead atoms. The first-order valence-electron chi connectivity index (χ1n) is 12.4. The molecule has 0 aliphatic carbocycles. The molecule has 1 aliphatic heterocycles. The van der Waals surface area contributed by atoms with Crippen molar-refractivity contribution in [1.82, 2.24) is 15.5 Å². The Labute approximate surface area is 212 Å². The molecule has 0 aromatic heterocycles. The Morgan fingerprint density at radius 2 is 1.89 bits per heavy atom. The highest BCUT2D eigenvalue weighted by Crippen LogP contribution is 2.22. The molecule has 3 aromatic carbocycles. The Morgan fingerprint density at radius 3 is 2.64 bits per heavy atom. The molecule has 4 rings (SSSR count). The standard InChI is InChI=1S/C29H34N4O3/c1-29(2,17-21-7-8-22-5-3-4-6-23(22)15-21)32-19-26(34)20-36-27-10-9-24(16-25(27)18-30)28(35)33-13-11-31-12-14-33/h3-10,15-16,26,31-32,34H,11-14,17,19-20H2,1-2H3. The molecule has 1 unspecified atom stereocenters. The summed E-state index contributed by atoms with van der Waals surface area (Å²) in [5, 5.41) is 29.2. The van der Waals surface area contributed by atoms with Crippen LogP contribution in [0.15, 0.2) is 60.7 Å². The van der Waals surface area contributed by atoms with E-state index in [1.807, 2.05) is 12.1 Å². The molecule has 1 aliphatic rings. The van der Waals surface area contributed by atoms with E-state index in [4.69, 9.17) is 4.74 Å². The van der Waals surface area contributed by atoms with Crippen molar-refractivity contribution in [3.8, 4) is 11.8 Å². The van der Waals surface area contributed by atoms with Gasteiger partial charge in [0, 0.05) is 43.8 Å². The lowest BCUT2D eigenvalue weighted by Gasteiger charge is -2.28. The van der Waals surface area contributed by atoms with Gasteiger partial charge in [0.1, 0.15) is 24.5 Å². The van der Waals surface area contributed by atoms with E-state index in [0.717, 1.165) is 19.5 Å². The lowest BCUT2D eigenvalue weighted by molar-refractivity contribution is 0.0735. The number of hydrogen-bond donors (Lipinski definition) is 3. The number of nitrogens with one attached hydrogen (secondary N) is 2.